The van der Waals surface area contributed by atoms with E-state index in [4.69, 9.17) is 5.41 Å². The summed E-state index contributed by atoms with van der Waals surface area (Å²) < 4.78 is 0. The number of anilines is 1. The quantitative estimate of drug-likeness (QED) is 0.575. The van der Waals surface area contributed by atoms with E-state index in [0.29, 0.717) is 5.84 Å². The molecule has 0 atom stereocenters. The molecule has 1 N–H and O–H groups in total. The molecule has 0 saturated heterocycles. The second kappa shape index (κ2) is 4.80. The maximum absolute atomic E-state index is 7.81. The van der Waals surface area contributed by atoms with Crippen LogP contribution in [0.2, 0.25) is 0 Å². The molecule has 0 spiro atoms. The third-order valence-electron chi connectivity index (χ3n) is 2.31. The van der Waals surface area contributed by atoms with E-state index < -0.39 is 0 Å². The molecule has 0 aliphatic heterocycles. The maximum atomic E-state index is 7.81. The van der Waals surface area contributed by atoms with Gasteiger partial charge in [-0.3, -0.25) is 5.41 Å². The molecule has 1 aromatic carbocycles. The van der Waals surface area contributed by atoms with Crippen molar-refractivity contribution in [2.75, 3.05) is 11.9 Å². The van der Waals surface area contributed by atoms with E-state index in [-0.39, 0.29) is 0 Å². The van der Waals surface area contributed by atoms with Crippen LogP contribution in [0.1, 0.15) is 25.3 Å². The zero-order valence-electron chi connectivity index (χ0n) is 9.17. The second-order valence-electron chi connectivity index (χ2n) is 3.59. The molecule has 14 heavy (non-hydrogen) atoms. The van der Waals surface area contributed by atoms with Crippen LogP contribution in [0.25, 0.3) is 0 Å². The van der Waals surface area contributed by atoms with Crippen molar-refractivity contribution in [3.05, 3.63) is 29.8 Å². The summed E-state index contributed by atoms with van der Waals surface area (Å²) in [5, 5.41) is 7.81. The SMILES string of the molecule is CCCC(=N)N(C)c1ccc(C)cc1. The Hall–Kier alpha value is -1.31. The predicted molar refractivity (Wildman–Crippen MR) is 62.2 cm³/mol. The summed E-state index contributed by atoms with van der Waals surface area (Å²) in [6, 6.07) is 8.26. The molecule has 0 unspecified atom stereocenters. The monoisotopic (exact) mass is 190 g/mol. The van der Waals surface area contributed by atoms with E-state index in [0.717, 1.165) is 18.5 Å². The van der Waals surface area contributed by atoms with Gasteiger partial charge in [0.15, 0.2) is 0 Å². The van der Waals surface area contributed by atoms with Crippen molar-refractivity contribution in [2.45, 2.75) is 26.7 Å². The number of rotatable bonds is 3. The predicted octanol–water partition coefficient (Wildman–Crippen LogP) is 3.21. The Labute approximate surface area is 86.1 Å². The summed E-state index contributed by atoms with van der Waals surface area (Å²) in [7, 11) is 1.95. The molecule has 0 fully saturated rings. The van der Waals surface area contributed by atoms with E-state index in [2.05, 4.69) is 38.1 Å². The van der Waals surface area contributed by atoms with Gasteiger partial charge in [0.2, 0.25) is 0 Å². The summed E-state index contributed by atoms with van der Waals surface area (Å²) in [5.74, 6) is 0.677. The zero-order valence-corrected chi connectivity index (χ0v) is 9.17. The van der Waals surface area contributed by atoms with Gasteiger partial charge >= 0.3 is 0 Å². The Bertz CT molecular complexity index is 301. The van der Waals surface area contributed by atoms with Crippen molar-refractivity contribution in [1.29, 1.82) is 5.41 Å². The Morgan fingerprint density at radius 3 is 2.36 bits per heavy atom. The lowest BCUT2D eigenvalue weighted by atomic mass is 10.2. The van der Waals surface area contributed by atoms with Crippen molar-refractivity contribution >= 4 is 11.5 Å². The minimum atomic E-state index is 0.677. The number of benzene rings is 1. The van der Waals surface area contributed by atoms with Crippen LogP contribution in [0.4, 0.5) is 5.69 Å². The minimum Gasteiger partial charge on any atom is -0.333 e. The molecule has 0 aliphatic rings. The lowest BCUT2D eigenvalue weighted by molar-refractivity contribution is 0.958. The van der Waals surface area contributed by atoms with Crippen molar-refractivity contribution in [3.63, 3.8) is 0 Å². The molecule has 0 saturated carbocycles. The summed E-state index contributed by atoms with van der Waals surface area (Å²) >= 11 is 0. The highest BCUT2D eigenvalue weighted by Crippen LogP contribution is 2.14. The van der Waals surface area contributed by atoms with Gasteiger partial charge in [-0.05, 0) is 25.5 Å². The fourth-order valence-electron chi connectivity index (χ4n) is 1.33. The van der Waals surface area contributed by atoms with E-state index >= 15 is 0 Å². The molecule has 0 radical (unpaired) electrons. The first kappa shape index (κ1) is 10.8. The summed E-state index contributed by atoms with van der Waals surface area (Å²) in [6.07, 6.45) is 1.86. The zero-order chi connectivity index (χ0) is 10.6. The minimum absolute atomic E-state index is 0.677. The van der Waals surface area contributed by atoms with Gasteiger partial charge in [-0.15, -0.1) is 0 Å². The molecular weight excluding hydrogens is 172 g/mol. The highest BCUT2D eigenvalue weighted by atomic mass is 15.1. The highest BCUT2D eigenvalue weighted by molar-refractivity contribution is 5.94. The van der Waals surface area contributed by atoms with Crippen molar-refractivity contribution in [1.82, 2.24) is 0 Å². The average Bonchev–Trinajstić information content (AvgIpc) is 2.18. The molecule has 0 aliphatic carbocycles. The van der Waals surface area contributed by atoms with Crippen LogP contribution >= 0.6 is 0 Å². The molecule has 1 aromatic rings. The van der Waals surface area contributed by atoms with Crippen molar-refractivity contribution in [3.8, 4) is 0 Å². The molecule has 2 nitrogen and oxygen atoms in total. The molecule has 0 amide bonds. The molecule has 2 heteroatoms. The van der Waals surface area contributed by atoms with Gasteiger partial charge in [0.05, 0.1) is 5.84 Å². The van der Waals surface area contributed by atoms with Crippen LogP contribution < -0.4 is 4.90 Å². The third-order valence-corrected chi connectivity index (χ3v) is 2.31. The summed E-state index contributed by atoms with van der Waals surface area (Å²) in [5.41, 5.74) is 2.35. The number of nitrogens with zero attached hydrogens (tertiary/aromatic N) is 1. The standard InChI is InChI=1S/C12H18N2/c1-4-5-12(13)14(3)11-8-6-10(2)7-9-11/h6-9,13H,4-5H2,1-3H3. The second-order valence-corrected chi connectivity index (χ2v) is 3.59. The Balaban J connectivity index is 2.73. The van der Waals surface area contributed by atoms with Crippen molar-refractivity contribution in [2.24, 2.45) is 0 Å². The smallest absolute Gasteiger partial charge is 0.0999 e. The maximum Gasteiger partial charge on any atom is 0.0999 e. The van der Waals surface area contributed by atoms with Crippen LogP contribution in [0.15, 0.2) is 24.3 Å². The molecule has 0 heterocycles. The average molecular weight is 190 g/mol. The molecule has 1 rings (SSSR count). The van der Waals surface area contributed by atoms with Gasteiger partial charge < -0.3 is 4.90 Å². The normalized spacial score (nSPS) is 9.93. The van der Waals surface area contributed by atoms with Gasteiger partial charge in [0, 0.05) is 19.2 Å². The van der Waals surface area contributed by atoms with E-state index in [1.165, 1.54) is 5.56 Å². The Morgan fingerprint density at radius 1 is 1.29 bits per heavy atom. The van der Waals surface area contributed by atoms with Gasteiger partial charge in [0.1, 0.15) is 0 Å². The molecule has 0 aromatic heterocycles. The van der Waals surface area contributed by atoms with Crippen LogP contribution in [-0.4, -0.2) is 12.9 Å². The number of hydrogen-bond donors (Lipinski definition) is 1. The number of hydrogen-bond acceptors (Lipinski definition) is 1. The topological polar surface area (TPSA) is 27.1 Å². The first-order chi connectivity index (χ1) is 6.65. The van der Waals surface area contributed by atoms with E-state index in [1.54, 1.807) is 0 Å². The van der Waals surface area contributed by atoms with Crippen molar-refractivity contribution < 1.29 is 0 Å². The number of aryl methyl sites for hydroxylation is 1. The van der Waals surface area contributed by atoms with E-state index in [9.17, 15) is 0 Å². The fourth-order valence-corrected chi connectivity index (χ4v) is 1.33. The van der Waals surface area contributed by atoms with Gasteiger partial charge in [-0.1, -0.05) is 24.6 Å². The van der Waals surface area contributed by atoms with E-state index in [1.807, 2.05) is 11.9 Å². The first-order valence-electron chi connectivity index (χ1n) is 5.03. The lowest BCUT2D eigenvalue weighted by Gasteiger charge is -2.19. The van der Waals surface area contributed by atoms with Crippen LogP contribution in [-0.2, 0) is 0 Å². The first-order valence-corrected chi connectivity index (χ1v) is 5.03. The lowest BCUT2D eigenvalue weighted by Crippen LogP contribution is -2.24. The van der Waals surface area contributed by atoms with Crippen LogP contribution in [0, 0.1) is 12.3 Å². The summed E-state index contributed by atoms with van der Waals surface area (Å²) in [4.78, 5) is 1.93. The third kappa shape index (κ3) is 2.59. The summed E-state index contributed by atoms with van der Waals surface area (Å²) in [6.45, 7) is 4.17. The largest absolute Gasteiger partial charge is 0.333 e. The van der Waals surface area contributed by atoms with Gasteiger partial charge in [0.25, 0.3) is 0 Å². The Morgan fingerprint density at radius 2 is 1.86 bits per heavy atom. The fraction of sp³-hybridized carbons (Fsp3) is 0.417. The van der Waals surface area contributed by atoms with Crippen LogP contribution in [0.5, 0.6) is 0 Å². The number of nitrogens with one attached hydrogen (secondary N) is 1. The molecule has 76 valence electrons. The Kier molecular flexibility index (Phi) is 3.69. The molecule has 0 bridgehead atoms. The number of amidine groups is 1. The van der Waals surface area contributed by atoms with Gasteiger partial charge in [-0.2, -0.15) is 0 Å². The highest BCUT2D eigenvalue weighted by Gasteiger charge is 2.04. The van der Waals surface area contributed by atoms with Gasteiger partial charge in [-0.25, -0.2) is 0 Å². The van der Waals surface area contributed by atoms with Crippen LogP contribution in [0.3, 0.4) is 0 Å². The molecular formula is C12H18N2.